The van der Waals surface area contributed by atoms with Crippen LogP contribution in [0.3, 0.4) is 0 Å². The summed E-state index contributed by atoms with van der Waals surface area (Å²) in [5.74, 6) is -2.42. The first-order chi connectivity index (χ1) is 10.5. The number of rotatable bonds is 6. The maximum atomic E-state index is 13.5. The number of nitrogens with two attached hydrogens (primary N) is 1. The zero-order valence-electron chi connectivity index (χ0n) is 12.3. The topological polar surface area (TPSA) is 72.2 Å². The molecule has 1 aliphatic rings. The van der Waals surface area contributed by atoms with Crippen LogP contribution in [0.15, 0.2) is 18.2 Å². The third kappa shape index (κ3) is 3.88. The number of carbonyl (C=O) groups excluding carboxylic acids is 2. The zero-order valence-corrected chi connectivity index (χ0v) is 12.3. The van der Waals surface area contributed by atoms with Gasteiger partial charge in [-0.1, -0.05) is 12.8 Å². The minimum Gasteiger partial charge on any atom is -0.349 e. The van der Waals surface area contributed by atoms with Crippen molar-refractivity contribution < 1.29 is 18.4 Å². The van der Waals surface area contributed by atoms with Crippen LogP contribution >= 0.6 is 0 Å². The van der Waals surface area contributed by atoms with Crippen molar-refractivity contribution in [3.63, 3.8) is 0 Å². The van der Waals surface area contributed by atoms with Crippen molar-refractivity contribution >= 4 is 11.7 Å². The minimum absolute atomic E-state index is 0.0304. The lowest BCUT2D eigenvalue weighted by Gasteiger charge is -2.28. The molecule has 0 bridgehead atoms. The van der Waals surface area contributed by atoms with Gasteiger partial charge in [0.2, 0.25) is 5.91 Å². The average molecular weight is 310 g/mol. The Balaban J connectivity index is 1.89. The second-order valence-electron chi connectivity index (χ2n) is 5.79. The molecular formula is C16H20F2N2O2. The molecule has 0 heterocycles. The lowest BCUT2D eigenvalue weighted by Crippen LogP contribution is -2.51. The van der Waals surface area contributed by atoms with E-state index in [-0.39, 0.29) is 29.9 Å². The van der Waals surface area contributed by atoms with Gasteiger partial charge < -0.3 is 11.1 Å². The summed E-state index contributed by atoms with van der Waals surface area (Å²) in [5, 5.41) is 2.90. The molecule has 1 aliphatic carbocycles. The maximum Gasteiger partial charge on any atom is 0.220 e. The van der Waals surface area contributed by atoms with Crippen LogP contribution in [0.2, 0.25) is 0 Å². The van der Waals surface area contributed by atoms with Crippen LogP contribution in [0.25, 0.3) is 0 Å². The summed E-state index contributed by atoms with van der Waals surface area (Å²) in [5.41, 5.74) is 5.18. The van der Waals surface area contributed by atoms with Crippen LogP contribution in [0.5, 0.6) is 0 Å². The van der Waals surface area contributed by atoms with Gasteiger partial charge in [0.15, 0.2) is 5.78 Å². The van der Waals surface area contributed by atoms with E-state index < -0.39 is 17.4 Å². The summed E-state index contributed by atoms with van der Waals surface area (Å²) in [6, 6.07) is 2.79. The first-order valence-electron chi connectivity index (χ1n) is 7.45. The summed E-state index contributed by atoms with van der Waals surface area (Å²) in [7, 11) is 0. The van der Waals surface area contributed by atoms with E-state index in [9.17, 15) is 18.4 Å². The molecule has 0 atom stereocenters. The van der Waals surface area contributed by atoms with Crippen molar-refractivity contribution in [2.75, 3.05) is 6.54 Å². The smallest absolute Gasteiger partial charge is 0.220 e. The molecule has 1 fully saturated rings. The Hall–Kier alpha value is -1.82. The molecular weight excluding hydrogens is 290 g/mol. The Morgan fingerprint density at radius 2 is 1.86 bits per heavy atom. The van der Waals surface area contributed by atoms with Crippen molar-refractivity contribution in [2.45, 2.75) is 44.1 Å². The van der Waals surface area contributed by atoms with Gasteiger partial charge in [0.25, 0.3) is 0 Å². The highest BCUT2D eigenvalue weighted by atomic mass is 19.1. The first kappa shape index (κ1) is 16.5. The third-order valence-electron chi connectivity index (χ3n) is 4.17. The number of Topliss-reactive ketones (excluding diaryl/α,β-unsaturated/α-hetero) is 1. The SMILES string of the molecule is NCC1(NC(=O)CCC(=O)c2ccc(F)cc2F)CCCC1. The van der Waals surface area contributed by atoms with Gasteiger partial charge in [-0.3, -0.25) is 9.59 Å². The fraction of sp³-hybridized carbons (Fsp3) is 0.500. The fourth-order valence-electron chi connectivity index (χ4n) is 2.87. The normalized spacial score (nSPS) is 16.5. The van der Waals surface area contributed by atoms with E-state index in [1.807, 2.05) is 0 Å². The van der Waals surface area contributed by atoms with E-state index >= 15 is 0 Å². The van der Waals surface area contributed by atoms with Crippen molar-refractivity contribution in [2.24, 2.45) is 5.73 Å². The highest BCUT2D eigenvalue weighted by Crippen LogP contribution is 2.28. The molecule has 2 rings (SSSR count). The van der Waals surface area contributed by atoms with Crippen molar-refractivity contribution in [1.29, 1.82) is 0 Å². The van der Waals surface area contributed by atoms with Crippen LogP contribution in [0, 0.1) is 11.6 Å². The highest BCUT2D eigenvalue weighted by molar-refractivity contribution is 5.98. The average Bonchev–Trinajstić information content (AvgIpc) is 2.94. The molecule has 1 aromatic rings. The largest absolute Gasteiger partial charge is 0.349 e. The number of hydrogen-bond acceptors (Lipinski definition) is 3. The number of hydrogen-bond donors (Lipinski definition) is 2. The second-order valence-corrected chi connectivity index (χ2v) is 5.79. The van der Waals surface area contributed by atoms with Gasteiger partial charge in [0.1, 0.15) is 11.6 Å². The molecule has 0 saturated heterocycles. The number of ketones is 1. The molecule has 120 valence electrons. The summed E-state index contributed by atoms with van der Waals surface area (Å²) in [6.45, 7) is 0.374. The standard InChI is InChI=1S/C16H20F2N2O2/c17-11-3-4-12(13(18)9-11)14(21)5-6-15(22)20-16(10-19)7-1-2-8-16/h3-4,9H,1-2,5-8,10,19H2,(H,20,22). The molecule has 3 N–H and O–H groups in total. The highest BCUT2D eigenvalue weighted by Gasteiger charge is 2.33. The molecule has 0 aliphatic heterocycles. The molecule has 1 aromatic carbocycles. The van der Waals surface area contributed by atoms with Gasteiger partial charge in [-0.15, -0.1) is 0 Å². The Bertz CT molecular complexity index is 569. The molecule has 0 radical (unpaired) electrons. The number of halogens is 2. The quantitative estimate of drug-likeness (QED) is 0.792. The maximum absolute atomic E-state index is 13.5. The first-order valence-corrected chi connectivity index (χ1v) is 7.45. The molecule has 22 heavy (non-hydrogen) atoms. The van der Waals surface area contributed by atoms with E-state index in [0.717, 1.165) is 37.8 Å². The predicted molar refractivity (Wildman–Crippen MR) is 78.3 cm³/mol. The van der Waals surface area contributed by atoms with E-state index in [2.05, 4.69) is 5.32 Å². The van der Waals surface area contributed by atoms with Crippen LogP contribution in [0.1, 0.15) is 48.9 Å². The summed E-state index contributed by atoms with van der Waals surface area (Å²) in [6.07, 6.45) is 3.59. The molecule has 1 saturated carbocycles. The Morgan fingerprint density at radius 1 is 1.18 bits per heavy atom. The van der Waals surface area contributed by atoms with Crippen molar-refractivity contribution in [3.05, 3.63) is 35.4 Å². The van der Waals surface area contributed by atoms with Crippen molar-refractivity contribution in [1.82, 2.24) is 5.32 Å². The van der Waals surface area contributed by atoms with Crippen LogP contribution < -0.4 is 11.1 Å². The van der Waals surface area contributed by atoms with E-state index in [1.165, 1.54) is 0 Å². The lowest BCUT2D eigenvalue weighted by atomic mass is 9.97. The van der Waals surface area contributed by atoms with E-state index in [4.69, 9.17) is 5.73 Å². The molecule has 0 unspecified atom stereocenters. The number of benzene rings is 1. The lowest BCUT2D eigenvalue weighted by molar-refractivity contribution is -0.122. The Labute approximate surface area is 128 Å². The predicted octanol–water partition coefficient (Wildman–Crippen LogP) is 2.32. The number of carbonyl (C=O) groups is 2. The van der Waals surface area contributed by atoms with E-state index in [0.29, 0.717) is 12.6 Å². The van der Waals surface area contributed by atoms with E-state index in [1.54, 1.807) is 0 Å². The second kappa shape index (κ2) is 6.96. The monoisotopic (exact) mass is 310 g/mol. The van der Waals surface area contributed by atoms with Gasteiger partial charge in [-0.05, 0) is 25.0 Å². The number of nitrogens with one attached hydrogen (secondary N) is 1. The third-order valence-corrected chi connectivity index (χ3v) is 4.17. The fourth-order valence-corrected chi connectivity index (χ4v) is 2.87. The van der Waals surface area contributed by atoms with Crippen LogP contribution in [0.4, 0.5) is 8.78 Å². The molecule has 4 nitrogen and oxygen atoms in total. The molecule has 0 aromatic heterocycles. The Morgan fingerprint density at radius 3 is 2.45 bits per heavy atom. The van der Waals surface area contributed by atoms with Gasteiger partial charge in [-0.2, -0.15) is 0 Å². The van der Waals surface area contributed by atoms with Gasteiger partial charge in [0, 0.05) is 25.5 Å². The molecule has 6 heteroatoms. The Kier molecular flexibility index (Phi) is 5.24. The van der Waals surface area contributed by atoms with Gasteiger partial charge in [-0.25, -0.2) is 8.78 Å². The summed E-state index contributed by atoms with van der Waals surface area (Å²) < 4.78 is 26.3. The minimum atomic E-state index is -0.903. The van der Waals surface area contributed by atoms with Crippen molar-refractivity contribution in [3.8, 4) is 0 Å². The summed E-state index contributed by atoms with van der Waals surface area (Å²) >= 11 is 0. The molecule has 0 spiro atoms. The van der Waals surface area contributed by atoms with Gasteiger partial charge >= 0.3 is 0 Å². The molecule has 1 amide bonds. The van der Waals surface area contributed by atoms with Gasteiger partial charge in [0.05, 0.1) is 11.1 Å². The zero-order chi connectivity index (χ0) is 16.2. The van der Waals surface area contributed by atoms with Crippen LogP contribution in [-0.2, 0) is 4.79 Å². The summed E-state index contributed by atoms with van der Waals surface area (Å²) in [4.78, 5) is 23.9. The van der Waals surface area contributed by atoms with Crippen LogP contribution in [-0.4, -0.2) is 23.8 Å². The number of amides is 1.